The number of benzene rings is 1. The van der Waals surface area contributed by atoms with Crippen LogP contribution in [0.25, 0.3) is 10.9 Å². The van der Waals surface area contributed by atoms with Crippen LogP contribution in [0.15, 0.2) is 29.2 Å². The van der Waals surface area contributed by atoms with Crippen molar-refractivity contribution in [3.63, 3.8) is 0 Å². The molecule has 0 aliphatic carbocycles. The number of cyclic esters (lactones) is 1. The van der Waals surface area contributed by atoms with Gasteiger partial charge in [0.25, 0.3) is 0 Å². The number of ether oxygens (including phenoxy) is 9. The number of aryl methyl sites for hydroxylation is 1. The number of Topliss-reactive ketones (excluding diaryl/α,β-unsaturated/α-hetero) is 1. The number of nitrogens with zero attached hydrogens (tertiary/aromatic N) is 2. The number of fused-ring (bicyclic) bond motifs is 1. The number of aromatic nitrogens is 1. The zero-order valence-electron chi connectivity index (χ0n) is 48.6. The minimum Gasteiger partial charge on any atom is -0.477 e. The molecule has 1 aromatic carbocycles. The fraction of sp³-hybridized carbons (Fsp3) is 0.772. The zero-order chi connectivity index (χ0) is 58.2. The van der Waals surface area contributed by atoms with Crippen molar-refractivity contribution in [3.8, 4) is 0 Å². The van der Waals surface area contributed by atoms with Crippen LogP contribution < -0.4 is 10.7 Å². The topological polar surface area (TPSA) is 270 Å². The summed E-state index contributed by atoms with van der Waals surface area (Å²) in [5, 5.41) is 48.6. The average molecular weight is 1110 g/mol. The van der Waals surface area contributed by atoms with E-state index in [1.54, 1.807) is 59.3 Å². The molecule has 18 atom stereocenters. The summed E-state index contributed by atoms with van der Waals surface area (Å²) in [6.45, 7) is 18.5. The predicted molar refractivity (Wildman–Crippen MR) is 288 cm³/mol. The van der Waals surface area contributed by atoms with Crippen molar-refractivity contribution in [2.24, 2.45) is 23.7 Å². The van der Waals surface area contributed by atoms with E-state index in [0.29, 0.717) is 56.4 Å². The lowest BCUT2D eigenvalue weighted by atomic mass is 9.74. The van der Waals surface area contributed by atoms with Crippen molar-refractivity contribution in [1.29, 1.82) is 0 Å². The first kappa shape index (κ1) is 64.8. The molecular formula is C57H91N3O18. The molecule has 5 N–H and O–H groups in total. The Labute approximate surface area is 459 Å². The van der Waals surface area contributed by atoms with Gasteiger partial charge in [0.2, 0.25) is 5.43 Å². The van der Waals surface area contributed by atoms with Crippen molar-refractivity contribution < 1.29 is 82.2 Å². The third-order valence-electron chi connectivity index (χ3n) is 16.7. The molecule has 21 nitrogen and oxygen atoms in total. The Morgan fingerprint density at radius 1 is 0.897 bits per heavy atom. The van der Waals surface area contributed by atoms with Gasteiger partial charge in [0, 0.05) is 76.2 Å². The van der Waals surface area contributed by atoms with Crippen LogP contribution in [-0.2, 0) is 70.0 Å². The quantitative estimate of drug-likeness (QED) is 0.0915. The number of carbonyl (C=O) groups is 4. The highest BCUT2D eigenvalue weighted by Crippen LogP contribution is 2.42. The van der Waals surface area contributed by atoms with Gasteiger partial charge < -0.3 is 77.8 Å². The molecule has 0 radical (unpaired) electrons. The summed E-state index contributed by atoms with van der Waals surface area (Å²) in [7, 11) is 8.26. The normalized spacial score (nSPS) is 36.5. The molecule has 0 bridgehead atoms. The summed E-state index contributed by atoms with van der Waals surface area (Å²) in [6, 6.07) is 5.11. The van der Waals surface area contributed by atoms with Crippen LogP contribution in [0, 0.1) is 23.7 Å². The van der Waals surface area contributed by atoms with Crippen molar-refractivity contribution in [2.45, 2.75) is 205 Å². The van der Waals surface area contributed by atoms with Crippen molar-refractivity contribution >= 4 is 34.6 Å². The Kier molecular flexibility index (Phi) is 23.0. The van der Waals surface area contributed by atoms with E-state index >= 15 is 0 Å². The van der Waals surface area contributed by atoms with Crippen molar-refractivity contribution in [3.05, 3.63) is 45.7 Å². The number of methoxy groups -OCH3 is 3. The van der Waals surface area contributed by atoms with E-state index in [-0.39, 0.29) is 49.2 Å². The van der Waals surface area contributed by atoms with Gasteiger partial charge in [0.15, 0.2) is 18.7 Å². The second kappa shape index (κ2) is 27.7. The van der Waals surface area contributed by atoms with Gasteiger partial charge in [0.05, 0.1) is 60.6 Å². The summed E-state index contributed by atoms with van der Waals surface area (Å²) in [5.74, 6) is -6.65. The molecule has 4 heterocycles. The van der Waals surface area contributed by atoms with Crippen molar-refractivity contribution in [1.82, 2.24) is 14.8 Å². The van der Waals surface area contributed by atoms with Gasteiger partial charge in [-0.2, -0.15) is 0 Å². The van der Waals surface area contributed by atoms with Gasteiger partial charge >= 0.3 is 17.9 Å². The minimum absolute atomic E-state index is 0.0238. The smallest absolute Gasteiger partial charge is 0.341 e. The predicted octanol–water partition coefficient (Wildman–Crippen LogP) is 4.26. The monoisotopic (exact) mass is 1110 g/mol. The van der Waals surface area contributed by atoms with Gasteiger partial charge in [-0.3, -0.25) is 19.2 Å². The number of nitrogens with one attached hydrogen (secondary N) is 1. The largest absolute Gasteiger partial charge is 0.477 e. The number of carboxylic acid groups (broad SMARTS) is 1. The number of ketones is 1. The Hall–Kier alpha value is -3.97. The van der Waals surface area contributed by atoms with Crippen LogP contribution in [0.5, 0.6) is 0 Å². The number of esters is 2. The van der Waals surface area contributed by atoms with Crippen LogP contribution in [-0.4, -0.2) is 193 Å². The highest BCUT2D eigenvalue weighted by molar-refractivity contribution is 5.92. The first-order chi connectivity index (χ1) is 36.6. The van der Waals surface area contributed by atoms with Gasteiger partial charge in [0.1, 0.15) is 34.8 Å². The molecule has 0 saturated carbocycles. The number of aliphatic hydroxyl groups excluding tert-OH is 2. The molecule has 3 aliphatic rings. The van der Waals surface area contributed by atoms with E-state index in [1.165, 1.54) is 34.3 Å². The molecule has 21 heteroatoms. The summed E-state index contributed by atoms with van der Waals surface area (Å²) in [6.07, 6.45) is -7.02. The Balaban J connectivity index is 1.34. The number of rotatable bonds is 20. The Morgan fingerprint density at radius 3 is 2.18 bits per heavy atom. The maximum atomic E-state index is 14.6. The van der Waals surface area contributed by atoms with Crippen LogP contribution >= 0.6 is 0 Å². The number of pyridine rings is 1. The first-order valence-corrected chi connectivity index (χ1v) is 27.6. The lowest BCUT2D eigenvalue weighted by Crippen LogP contribution is -2.61. The second-order valence-electron chi connectivity index (χ2n) is 22.9. The molecule has 3 fully saturated rings. The molecule has 3 aliphatic heterocycles. The van der Waals surface area contributed by atoms with E-state index in [1.807, 2.05) is 45.0 Å². The summed E-state index contributed by atoms with van der Waals surface area (Å²) in [4.78, 5) is 69.2. The van der Waals surface area contributed by atoms with E-state index in [4.69, 9.17) is 42.6 Å². The van der Waals surface area contributed by atoms with Crippen LogP contribution in [0.4, 0.5) is 0 Å². The maximum Gasteiger partial charge on any atom is 0.341 e. The second-order valence-corrected chi connectivity index (χ2v) is 22.9. The summed E-state index contributed by atoms with van der Waals surface area (Å²) < 4.78 is 58.2. The summed E-state index contributed by atoms with van der Waals surface area (Å²) >= 11 is 0. The van der Waals surface area contributed by atoms with E-state index in [0.717, 1.165) is 5.56 Å². The highest BCUT2D eigenvalue weighted by atomic mass is 16.7. The lowest BCUT2D eigenvalue weighted by molar-refractivity contribution is -0.320. The Bertz CT molecular complexity index is 2400. The van der Waals surface area contributed by atoms with Gasteiger partial charge in [-0.05, 0) is 112 Å². The molecule has 442 valence electrons. The Morgan fingerprint density at radius 2 is 1.56 bits per heavy atom. The van der Waals surface area contributed by atoms with Crippen LogP contribution in [0.2, 0.25) is 0 Å². The molecule has 1 aromatic heterocycles. The van der Waals surface area contributed by atoms with Crippen LogP contribution in [0.1, 0.15) is 124 Å². The van der Waals surface area contributed by atoms with Crippen molar-refractivity contribution in [2.75, 3.05) is 55.1 Å². The third kappa shape index (κ3) is 14.9. The first-order valence-electron chi connectivity index (χ1n) is 27.6. The molecule has 0 unspecified atom stereocenters. The average Bonchev–Trinajstić information content (AvgIpc) is 3.45. The number of likely N-dealkylation sites (N-methyl/N-ethyl adjacent to an activating group) is 1. The number of carbonyl (C=O) groups excluding carboxylic acids is 3. The molecule has 0 amide bonds. The molecule has 78 heavy (non-hydrogen) atoms. The van der Waals surface area contributed by atoms with Gasteiger partial charge in [-0.15, -0.1) is 0 Å². The summed E-state index contributed by atoms with van der Waals surface area (Å²) in [5.41, 5.74) is -3.91. The van der Waals surface area contributed by atoms with E-state index in [9.17, 15) is 44.4 Å². The maximum absolute atomic E-state index is 14.6. The number of hydrogen-bond donors (Lipinski definition) is 5. The molecule has 0 spiro atoms. The third-order valence-corrected chi connectivity index (χ3v) is 16.7. The molecular weight excluding hydrogens is 1010 g/mol. The van der Waals surface area contributed by atoms with Gasteiger partial charge in [-0.1, -0.05) is 33.8 Å². The van der Waals surface area contributed by atoms with E-state index in [2.05, 4.69) is 5.32 Å². The number of hydrogen-bond acceptors (Lipinski definition) is 19. The molecule has 3 saturated heterocycles. The highest BCUT2D eigenvalue weighted by Gasteiger charge is 2.55. The zero-order valence-corrected chi connectivity index (χ0v) is 48.6. The SMILES string of the molecule is CC[C@H]1OC(=O)[C@H](C)[C@@H](O[C@H]2C[C@@](C)(OC)[C@@H](OC(=O)CCNCCCc3ccc4c(c3)c(=O)c(C(=O)O)cn4CCOC)[C@H](C)O2)[C@H](C)[C@@H](O[C@@H]2O[C@H](C)C[C@H](N(C)C)[C@@H]2O)[C@](C)(OC)C[C@@H](C)C(=O)[C@H](C)[C@@H](O)[C@]1(C)O. The number of aliphatic hydroxyl groups is 3. The van der Waals surface area contributed by atoms with E-state index < -0.39 is 119 Å². The van der Waals surface area contributed by atoms with Crippen LogP contribution in [0.3, 0.4) is 0 Å². The van der Waals surface area contributed by atoms with Gasteiger partial charge in [-0.25, -0.2) is 4.79 Å². The molecule has 5 rings (SSSR count). The lowest BCUT2D eigenvalue weighted by Gasteiger charge is -2.50. The number of carboxylic acids is 1. The standard InChI is InChI=1S/C57H91N3O18/c1-16-42-57(10,69)49(65)33(4)45(62)31(2)28-55(8,71-14)50(78-54-47(64)41(59(11)12)26-32(3)73-54)34(5)48(35(6)53(68)75-42)77-44-29-56(9,72-15)51(36(7)74-44)76-43(61)21-23-58-22-17-18-37-19-20-40-38(27-37)46(63)39(52(66)67)30-60(40)24-25-70-13/h19-20,27,30-36,41-42,44,47-51,54,58,64-65,69H,16-18,21-26,28-29H2,1-15H3,(H,66,67)/t31-,32-,33+,34+,35-,36+,41+,42-,44+,47+,48+,49-,50-,51+,54+,55-,56-,57-/m1/s1. The minimum atomic E-state index is -2.03. The molecule has 2 aromatic rings. The fourth-order valence-corrected chi connectivity index (χ4v) is 11.9. The fourth-order valence-electron chi connectivity index (χ4n) is 11.9. The number of aromatic carboxylic acids is 1.